The molecule has 5 rings (SSSR count). The zero-order valence-corrected chi connectivity index (χ0v) is 19.5. The molecule has 0 radical (unpaired) electrons. The maximum absolute atomic E-state index is 14.3. The minimum absolute atomic E-state index is 0.0603. The third-order valence-electron chi connectivity index (χ3n) is 6.56. The summed E-state index contributed by atoms with van der Waals surface area (Å²) >= 11 is 6.17. The van der Waals surface area contributed by atoms with E-state index >= 15 is 0 Å². The molecule has 2 amide bonds. The summed E-state index contributed by atoms with van der Waals surface area (Å²) in [4.78, 5) is 32.4. The molecule has 2 aliphatic heterocycles. The van der Waals surface area contributed by atoms with E-state index in [0.717, 1.165) is 25.2 Å². The lowest BCUT2D eigenvalue weighted by Gasteiger charge is -2.35. The van der Waals surface area contributed by atoms with Gasteiger partial charge >= 0.3 is 0 Å². The topological polar surface area (TPSA) is 43.9 Å². The largest absolute Gasteiger partial charge is 0.336 e. The van der Waals surface area contributed by atoms with Crippen LogP contribution in [0.1, 0.15) is 37.4 Å². The average Bonchev–Trinajstić information content (AvgIpc) is 3.17. The predicted octanol–water partition coefficient (Wildman–Crippen LogP) is 4.59. The molecule has 1 fully saturated rings. The average molecular weight is 478 g/mol. The molecular weight excluding hydrogens is 453 g/mol. The second-order valence-corrected chi connectivity index (χ2v) is 9.16. The smallest absolute Gasteiger partial charge is 0.255 e. The summed E-state index contributed by atoms with van der Waals surface area (Å²) in [5, 5.41) is 0.286. The number of carbonyl (C=O) groups is 2. The van der Waals surface area contributed by atoms with Gasteiger partial charge in [-0.2, -0.15) is 0 Å². The number of piperazine rings is 1. The second-order valence-electron chi connectivity index (χ2n) is 8.76. The molecule has 0 aromatic heterocycles. The van der Waals surface area contributed by atoms with Crippen molar-refractivity contribution in [2.75, 3.05) is 26.2 Å². The summed E-state index contributed by atoms with van der Waals surface area (Å²) in [7, 11) is 0. The molecule has 0 bridgehead atoms. The molecule has 0 saturated carbocycles. The molecule has 0 atom stereocenters. The fraction of sp³-hybridized carbons (Fsp3) is 0.259. The van der Waals surface area contributed by atoms with Gasteiger partial charge in [0.05, 0.1) is 17.7 Å². The minimum atomic E-state index is -0.444. The highest BCUT2D eigenvalue weighted by atomic mass is 35.5. The fourth-order valence-corrected chi connectivity index (χ4v) is 4.94. The van der Waals surface area contributed by atoms with Gasteiger partial charge in [-0.3, -0.25) is 14.5 Å². The van der Waals surface area contributed by atoms with Crippen LogP contribution in [0.4, 0.5) is 4.39 Å². The van der Waals surface area contributed by atoms with Gasteiger partial charge in [0, 0.05) is 49.9 Å². The third kappa shape index (κ3) is 4.43. The Morgan fingerprint density at radius 3 is 2.35 bits per heavy atom. The van der Waals surface area contributed by atoms with Crippen LogP contribution in [0.2, 0.25) is 5.02 Å². The predicted molar refractivity (Wildman–Crippen MR) is 129 cm³/mol. The first-order valence-corrected chi connectivity index (χ1v) is 11.8. The van der Waals surface area contributed by atoms with Crippen LogP contribution in [-0.2, 0) is 19.6 Å². The SMILES string of the molecule is O=C(c1cccc2c1C(=O)N(Cc1c(F)cccc1Cl)C2)N1CCN(Cc2ccccc2)CC1. The summed E-state index contributed by atoms with van der Waals surface area (Å²) in [6, 6.07) is 20.2. The molecule has 5 nitrogen and oxygen atoms in total. The van der Waals surface area contributed by atoms with Crippen molar-refractivity contribution < 1.29 is 14.0 Å². The molecule has 2 heterocycles. The van der Waals surface area contributed by atoms with Crippen LogP contribution >= 0.6 is 11.6 Å². The van der Waals surface area contributed by atoms with Crippen molar-refractivity contribution in [2.45, 2.75) is 19.6 Å². The molecule has 0 unspecified atom stereocenters. The molecule has 174 valence electrons. The Morgan fingerprint density at radius 2 is 1.62 bits per heavy atom. The Morgan fingerprint density at radius 1 is 0.882 bits per heavy atom. The van der Waals surface area contributed by atoms with Gasteiger partial charge in [0.25, 0.3) is 11.8 Å². The summed E-state index contributed by atoms with van der Waals surface area (Å²) in [5.74, 6) is -0.836. The Bertz CT molecular complexity index is 1210. The van der Waals surface area contributed by atoms with Crippen molar-refractivity contribution in [3.05, 3.63) is 105 Å². The number of rotatable bonds is 5. The number of hydrogen-bond donors (Lipinski definition) is 0. The number of nitrogens with zero attached hydrogens (tertiary/aromatic N) is 3. The lowest BCUT2D eigenvalue weighted by atomic mass is 10.0. The van der Waals surface area contributed by atoms with Gasteiger partial charge in [-0.25, -0.2) is 4.39 Å². The van der Waals surface area contributed by atoms with Gasteiger partial charge in [0.15, 0.2) is 0 Å². The molecule has 34 heavy (non-hydrogen) atoms. The summed E-state index contributed by atoms with van der Waals surface area (Å²) in [6.45, 7) is 4.02. The van der Waals surface area contributed by atoms with E-state index in [-0.39, 0.29) is 28.9 Å². The summed E-state index contributed by atoms with van der Waals surface area (Å²) in [5.41, 5.74) is 3.16. The molecule has 2 aliphatic rings. The van der Waals surface area contributed by atoms with E-state index in [9.17, 15) is 14.0 Å². The minimum Gasteiger partial charge on any atom is -0.336 e. The highest BCUT2D eigenvalue weighted by Crippen LogP contribution is 2.30. The first kappa shape index (κ1) is 22.6. The van der Waals surface area contributed by atoms with Crippen LogP contribution in [0.15, 0.2) is 66.7 Å². The van der Waals surface area contributed by atoms with E-state index in [1.165, 1.54) is 17.7 Å². The molecule has 0 N–H and O–H groups in total. The molecule has 3 aromatic rings. The van der Waals surface area contributed by atoms with E-state index in [1.807, 2.05) is 35.2 Å². The van der Waals surface area contributed by atoms with E-state index in [2.05, 4.69) is 17.0 Å². The van der Waals surface area contributed by atoms with Crippen LogP contribution in [-0.4, -0.2) is 52.7 Å². The Labute approximate surface area is 203 Å². The number of carbonyl (C=O) groups excluding carboxylic acids is 2. The van der Waals surface area contributed by atoms with Crippen LogP contribution < -0.4 is 0 Å². The Kier molecular flexibility index (Phi) is 6.35. The fourth-order valence-electron chi connectivity index (χ4n) is 4.72. The zero-order chi connectivity index (χ0) is 23.7. The van der Waals surface area contributed by atoms with E-state index < -0.39 is 5.82 Å². The van der Waals surface area contributed by atoms with Gasteiger partial charge in [-0.05, 0) is 29.3 Å². The first-order chi connectivity index (χ1) is 16.5. The zero-order valence-electron chi connectivity index (χ0n) is 18.7. The third-order valence-corrected chi connectivity index (χ3v) is 6.92. The first-order valence-electron chi connectivity index (χ1n) is 11.4. The monoisotopic (exact) mass is 477 g/mol. The molecule has 0 spiro atoms. The van der Waals surface area contributed by atoms with Crippen molar-refractivity contribution in [3.8, 4) is 0 Å². The number of benzene rings is 3. The molecular formula is C27H25ClFN3O2. The number of fused-ring (bicyclic) bond motifs is 1. The highest BCUT2D eigenvalue weighted by Gasteiger charge is 2.34. The lowest BCUT2D eigenvalue weighted by molar-refractivity contribution is 0.0620. The van der Waals surface area contributed by atoms with Crippen LogP contribution in [0.3, 0.4) is 0 Å². The van der Waals surface area contributed by atoms with Gasteiger partial charge in [0.1, 0.15) is 5.82 Å². The number of halogens is 2. The van der Waals surface area contributed by atoms with Crippen molar-refractivity contribution in [1.29, 1.82) is 0 Å². The van der Waals surface area contributed by atoms with Crippen molar-refractivity contribution in [2.24, 2.45) is 0 Å². The normalized spacial score (nSPS) is 16.1. The molecule has 7 heteroatoms. The van der Waals surface area contributed by atoms with Crippen molar-refractivity contribution in [1.82, 2.24) is 14.7 Å². The molecule has 1 saturated heterocycles. The van der Waals surface area contributed by atoms with E-state index in [0.29, 0.717) is 30.8 Å². The maximum atomic E-state index is 14.3. The highest BCUT2D eigenvalue weighted by molar-refractivity contribution is 6.31. The number of amides is 2. The van der Waals surface area contributed by atoms with E-state index in [1.54, 1.807) is 17.0 Å². The number of hydrogen-bond acceptors (Lipinski definition) is 3. The standard InChI is InChI=1S/C27H25ClFN3O2/c28-23-10-5-11-24(29)22(23)18-32-17-20-8-4-9-21(25(20)27(32)34)26(33)31-14-12-30(13-15-31)16-19-6-2-1-3-7-19/h1-11H,12-18H2. The quantitative estimate of drug-likeness (QED) is 0.539. The van der Waals surface area contributed by atoms with E-state index in [4.69, 9.17) is 11.6 Å². The summed E-state index contributed by atoms with van der Waals surface area (Å²) < 4.78 is 14.3. The van der Waals surface area contributed by atoms with Crippen molar-refractivity contribution >= 4 is 23.4 Å². The summed E-state index contributed by atoms with van der Waals surface area (Å²) in [6.07, 6.45) is 0. The Hall–Kier alpha value is -3.22. The maximum Gasteiger partial charge on any atom is 0.255 e. The van der Waals surface area contributed by atoms with Gasteiger partial charge in [-0.15, -0.1) is 0 Å². The van der Waals surface area contributed by atoms with Crippen LogP contribution in [0.5, 0.6) is 0 Å². The second kappa shape index (κ2) is 9.57. The van der Waals surface area contributed by atoms with Crippen LogP contribution in [0.25, 0.3) is 0 Å². The molecule has 0 aliphatic carbocycles. The molecule has 3 aromatic carbocycles. The Balaban J connectivity index is 1.28. The van der Waals surface area contributed by atoms with Crippen LogP contribution in [0, 0.1) is 5.82 Å². The lowest BCUT2D eigenvalue weighted by Crippen LogP contribution is -2.48. The van der Waals surface area contributed by atoms with Gasteiger partial charge in [-0.1, -0.05) is 60.1 Å². The van der Waals surface area contributed by atoms with Gasteiger partial charge in [0.2, 0.25) is 0 Å². The van der Waals surface area contributed by atoms with Crippen molar-refractivity contribution in [3.63, 3.8) is 0 Å². The van der Waals surface area contributed by atoms with Gasteiger partial charge < -0.3 is 9.80 Å².